The Morgan fingerprint density at radius 3 is 2.11 bits per heavy atom. The van der Waals surface area contributed by atoms with Crippen LogP contribution in [0.3, 0.4) is 0 Å². The summed E-state index contributed by atoms with van der Waals surface area (Å²) < 4.78 is 11.1. The topological polar surface area (TPSA) is 37.8 Å². The molecule has 5 heteroatoms. The molecule has 0 N–H and O–H groups in total. The van der Waals surface area contributed by atoms with Gasteiger partial charge in [0.15, 0.2) is 0 Å². The fraction of sp³-hybridized carbons (Fsp3) is 0.348. The van der Waals surface area contributed by atoms with Crippen LogP contribution in [0.2, 0.25) is 0 Å². The zero-order valence-electron chi connectivity index (χ0n) is 17.0. The van der Waals surface area contributed by atoms with Gasteiger partial charge in [0, 0.05) is 37.3 Å². The first-order chi connectivity index (χ1) is 13.6. The summed E-state index contributed by atoms with van der Waals surface area (Å²) in [5, 5.41) is 1.02. The fourth-order valence-electron chi connectivity index (χ4n) is 4.05. The predicted octanol–water partition coefficient (Wildman–Crippen LogP) is 4.20. The second-order valence-corrected chi connectivity index (χ2v) is 7.25. The summed E-state index contributed by atoms with van der Waals surface area (Å²) in [4.78, 5) is 9.78. The van der Waals surface area contributed by atoms with Crippen LogP contribution in [0.4, 0.5) is 11.5 Å². The highest BCUT2D eigenvalue weighted by atomic mass is 16.5. The third kappa shape index (κ3) is 3.21. The minimum Gasteiger partial charge on any atom is -0.496 e. The van der Waals surface area contributed by atoms with Gasteiger partial charge in [-0.05, 0) is 49.2 Å². The first-order valence-electron chi connectivity index (χ1n) is 9.70. The van der Waals surface area contributed by atoms with Crippen molar-refractivity contribution in [3.63, 3.8) is 0 Å². The van der Waals surface area contributed by atoms with Gasteiger partial charge in [-0.1, -0.05) is 18.2 Å². The number of pyridine rings is 1. The number of aromatic nitrogens is 1. The van der Waals surface area contributed by atoms with Crippen LogP contribution in [0.5, 0.6) is 11.5 Å². The molecule has 1 fully saturated rings. The van der Waals surface area contributed by atoms with E-state index in [4.69, 9.17) is 14.5 Å². The lowest BCUT2D eigenvalue weighted by Crippen LogP contribution is -2.47. The van der Waals surface area contributed by atoms with Crippen LogP contribution in [-0.2, 0) is 0 Å². The van der Waals surface area contributed by atoms with Gasteiger partial charge in [0.1, 0.15) is 22.8 Å². The smallest absolute Gasteiger partial charge is 0.145 e. The largest absolute Gasteiger partial charge is 0.496 e. The van der Waals surface area contributed by atoms with E-state index in [1.165, 1.54) is 11.3 Å². The van der Waals surface area contributed by atoms with E-state index in [-0.39, 0.29) is 0 Å². The van der Waals surface area contributed by atoms with Crippen molar-refractivity contribution >= 4 is 22.4 Å². The molecule has 0 saturated carbocycles. The maximum Gasteiger partial charge on any atom is 0.145 e. The zero-order chi connectivity index (χ0) is 19.7. The van der Waals surface area contributed by atoms with Crippen molar-refractivity contribution in [1.82, 2.24) is 4.98 Å². The van der Waals surface area contributed by atoms with Crippen LogP contribution >= 0.6 is 0 Å². The Hall–Kier alpha value is -2.95. The lowest BCUT2D eigenvalue weighted by atomic mass is 10.1. The number of methoxy groups -OCH3 is 2. The number of nitrogens with zero attached hydrogens (tertiary/aromatic N) is 3. The van der Waals surface area contributed by atoms with Gasteiger partial charge in [0.05, 0.1) is 14.2 Å². The molecule has 0 spiro atoms. The van der Waals surface area contributed by atoms with E-state index in [1.807, 2.05) is 12.1 Å². The molecule has 2 aromatic carbocycles. The van der Waals surface area contributed by atoms with E-state index in [1.54, 1.807) is 14.2 Å². The Bertz CT molecular complexity index is 995. The van der Waals surface area contributed by atoms with E-state index in [2.05, 4.69) is 54.0 Å². The van der Waals surface area contributed by atoms with Crippen LogP contribution in [0, 0.1) is 13.8 Å². The summed E-state index contributed by atoms with van der Waals surface area (Å²) in [5.74, 6) is 2.61. The molecule has 1 saturated heterocycles. The number of hydrogen-bond acceptors (Lipinski definition) is 5. The summed E-state index contributed by atoms with van der Waals surface area (Å²) >= 11 is 0. The van der Waals surface area contributed by atoms with Crippen LogP contribution in [0.1, 0.15) is 11.1 Å². The molecular weight excluding hydrogens is 350 g/mol. The number of hydrogen-bond donors (Lipinski definition) is 0. The first kappa shape index (κ1) is 18.4. The molecule has 1 aliphatic heterocycles. The van der Waals surface area contributed by atoms with Crippen LogP contribution in [-0.4, -0.2) is 45.4 Å². The first-order valence-corrected chi connectivity index (χ1v) is 9.70. The summed E-state index contributed by atoms with van der Waals surface area (Å²) in [6, 6.07) is 14.6. The lowest BCUT2D eigenvalue weighted by Gasteiger charge is -2.37. The van der Waals surface area contributed by atoms with E-state index in [0.717, 1.165) is 60.0 Å². The van der Waals surface area contributed by atoms with Crippen molar-refractivity contribution in [3.8, 4) is 11.5 Å². The number of fused-ring (bicyclic) bond motifs is 1. The molecule has 2 heterocycles. The number of rotatable bonds is 4. The van der Waals surface area contributed by atoms with E-state index in [9.17, 15) is 0 Å². The number of anilines is 2. The predicted molar refractivity (Wildman–Crippen MR) is 115 cm³/mol. The maximum atomic E-state index is 5.57. The van der Waals surface area contributed by atoms with Gasteiger partial charge in [0.25, 0.3) is 0 Å². The Morgan fingerprint density at radius 2 is 1.43 bits per heavy atom. The Balaban J connectivity index is 1.63. The number of benzene rings is 2. The summed E-state index contributed by atoms with van der Waals surface area (Å²) in [5.41, 5.74) is 4.67. The van der Waals surface area contributed by atoms with Gasteiger partial charge >= 0.3 is 0 Å². The molecule has 0 amide bonds. The second-order valence-electron chi connectivity index (χ2n) is 7.25. The molecule has 0 bridgehead atoms. The van der Waals surface area contributed by atoms with Gasteiger partial charge < -0.3 is 19.3 Å². The third-order valence-electron chi connectivity index (χ3n) is 5.57. The molecule has 0 atom stereocenters. The van der Waals surface area contributed by atoms with Crippen LogP contribution in [0.15, 0.2) is 42.5 Å². The van der Waals surface area contributed by atoms with Gasteiger partial charge in [0.2, 0.25) is 0 Å². The normalized spacial score (nSPS) is 14.4. The highest BCUT2D eigenvalue weighted by Gasteiger charge is 2.21. The molecule has 1 aromatic heterocycles. The third-order valence-corrected chi connectivity index (χ3v) is 5.57. The van der Waals surface area contributed by atoms with Gasteiger partial charge in [-0.15, -0.1) is 0 Å². The van der Waals surface area contributed by atoms with Crippen molar-refractivity contribution in [2.24, 2.45) is 0 Å². The second kappa shape index (κ2) is 7.58. The van der Waals surface area contributed by atoms with Crippen molar-refractivity contribution in [3.05, 3.63) is 53.6 Å². The Labute approximate surface area is 166 Å². The SMILES string of the molecule is COc1ccc(OC)c2c(C)cc(N3CCN(c4ccccc4C)CC3)nc12. The van der Waals surface area contributed by atoms with Gasteiger partial charge in [-0.2, -0.15) is 0 Å². The molecule has 0 radical (unpaired) electrons. The highest BCUT2D eigenvalue weighted by molar-refractivity contribution is 5.94. The molecule has 4 rings (SSSR count). The van der Waals surface area contributed by atoms with Crippen molar-refractivity contribution in [2.45, 2.75) is 13.8 Å². The standard InChI is InChI=1S/C23H27N3O2/c1-16-7-5-6-8-18(16)25-11-13-26(14-12-25)21-15-17(2)22-19(27-3)9-10-20(28-4)23(22)24-21/h5-10,15H,11-14H2,1-4H3. The molecule has 3 aromatic rings. The van der Waals surface area contributed by atoms with Crippen LogP contribution < -0.4 is 19.3 Å². The molecule has 146 valence electrons. The molecule has 1 aliphatic rings. The lowest BCUT2D eigenvalue weighted by molar-refractivity contribution is 0.409. The maximum absolute atomic E-state index is 5.57. The summed E-state index contributed by atoms with van der Waals surface area (Å²) in [6.45, 7) is 8.14. The van der Waals surface area contributed by atoms with Crippen molar-refractivity contribution in [1.29, 1.82) is 0 Å². The average molecular weight is 377 g/mol. The average Bonchev–Trinajstić information content (AvgIpc) is 2.73. The number of aryl methyl sites for hydroxylation is 2. The summed E-state index contributed by atoms with van der Waals surface area (Å²) in [6.07, 6.45) is 0. The minimum atomic E-state index is 0.777. The van der Waals surface area contributed by atoms with E-state index in [0.29, 0.717) is 0 Å². The van der Waals surface area contributed by atoms with Crippen molar-refractivity contribution < 1.29 is 9.47 Å². The Kier molecular flexibility index (Phi) is 4.99. The molecule has 5 nitrogen and oxygen atoms in total. The molecular formula is C23H27N3O2. The van der Waals surface area contributed by atoms with E-state index >= 15 is 0 Å². The monoisotopic (exact) mass is 377 g/mol. The van der Waals surface area contributed by atoms with Gasteiger partial charge in [-0.3, -0.25) is 0 Å². The van der Waals surface area contributed by atoms with Crippen LogP contribution in [0.25, 0.3) is 10.9 Å². The number of piperazine rings is 1. The number of ether oxygens (including phenoxy) is 2. The molecule has 0 aliphatic carbocycles. The summed E-state index contributed by atoms with van der Waals surface area (Å²) in [7, 11) is 3.38. The molecule has 0 unspecified atom stereocenters. The molecule has 28 heavy (non-hydrogen) atoms. The number of para-hydroxylation sites is 1. The fourth-order valence-corrected chi connectivity index (χ4v) is 4.05. The van der Waals surface area contributed by atoms with Gasteiger partial charge in [-0.25, -0.2) is 4.98 Å². The Morgan fingerprint density at radius 1 is 0.786 bits per heavy atom. The van der Waals surface area contributed by atoms with Crippen molar-refractivity contribution in [2.75, 3.05) is 50.2 Å². The van der Waals surface area contributed by atoms with E-state index < -0.39 is 0 Å². The minimum absolute atomic E-state index is 0.777. The highest BCUT2D eigenvalue weighted by Crippen LogP contribution is 2.36. The zero-order valence-corrected chi connectivity index (χ0v) is 17.0. The quantitative estimate of drug-likeness (QED) is 0.681.